The first kappa shape index (κ1) is 15.2. The van der Waals surface area contributed by atoms with E-state index < -0.39 is 0 Å². The lowest BCUT2D eigenvalue weighted by atomic mass is 10.2. The fourth-order valence-electron chi connectivity index (χ4n) is 1.36. The van der Waals surface area contributed by atoms with E-state index in [0.717, 1.165) is 38.5 Å². The minimum atomic E-state index is -0.170. The van der Waals surface area contributed by atoms with Crippen LogP contribution < -0.4 is 0 Å². The molecule has 0 saturated carbocycles. The van der Waals surface area contributed by atoms with E-state index in [1.807, 2.05) is 6.92 Å². The summed E-state index contributed by atoms with van der Waals surface area (Å²) in [5.41, 5.74) is 0. The van der Waals surface area contributed by atoms with Gasteiger partial charge in [-0.25, -0.2) is 0 Å². The molecule has 1 heteroatoms. The lowest BCUT2D eigenvalue weighted by molar-refractivity contribution is 0.186. The Labute approximate surface area is 101 Å². The van der Waals surface area contributed by atoms with Gasteiger partial charge >= 0.3 is 0 Å². The van der Waals surface area contributed by atoms with Crippen molar-refractivity contribution in [1.82, 2.24) is 0 Å². The van der Waals surface area contributed by atoms with Crippen LogP contribution in [0.2, 0.25) is 0 Å². The molecule has 0 aromatic carbocycles. The molecule has 0 amide bonds. The minimum absolute atomic E-state index is 0.170. The summed E-state index contributed by atoms with van der Waals surface area (Å²) < 4.78 is 0. The Bertz CT molecular complexity index is 211. The highest BCUT2D eigenvalue weighted by atomic mass is 16.3. The van der Waals surface area contributed by atoms with E-state index >= 15 is 0 Å². The summed E-state index contributed by atoms with van der Waals surface area (Å²) in [5.74, 6) is 0. The summed E-state index contributed by atoms with van der Waals surface area (Å²) in [6, 6.07) is 0. The van der Waals surface area contributed by atoms with Crippen molar-refractivity contribution in [1.29, 1.82) is 0 Å². The van der Waals surface area contributed by atoms with Crippen LogP contribution in [-0.2, 0) is 0 Å². The number of rotatable bonds is 9. The first-order valence-electron chi connectivity index (χ1n) is 6.36. The molecule has 0 aliphatic heterocycles. The smallest absolute Gasteiger partial charge is 0.0515 e. The molecule has 0 rings (SSSR count). The Morgan fingerprint density at radius 3 is 1.69 bits per heavy atom. The second-order valence-electron chi connectivity index (χ2n) is 4.09. The Hall–Kier alpha value is -0.820. The quantitative estimate of drug-likeness (QED) is 0.453. The van der Waals surface area contributed by atoms with Gasteiger partial charge in [0.2, 0.25) is 0 Å². The summed E-state index contributed by atoms with van der Waals surface area (Å²) >= 11 is 0. The van der Waals surface area contributed by atoms with Gasteiger partial charge in [0.25, 0.3) is 0 Å². The zero-order chi connectivity index (χ0) is 12.1. The molecule has 1 nitrogen and oxygen atoms in total. The molecule has 0 heterocycles. The maximum Gasteiger partial charge on any atom is 0.0515 e. The Morgan fingerprint density at radius 2 is 1.25 bits per heavy atom. The third-order valence-corrected chi connectivity index (χ3v) is 2.32. The molecule has 1 atom stereocenters. The van der Waals surface area contributed by atoms with Crippen LogP contribution in [0.25, 0.3) is 0 Å². The summed E-state index contributed by atoms with van der Waals surface area (Å²) in [4.78, 5) is 0. The zero-order valence-corrected chi connectivity index (χ0v) is 10.7. The van der Waals surface area contributed by atoms with Gasteiger partial charge in [0, 0.05) is 0 Å². The van der Waals surface area contributed by atoms with Gasteiger partial charge in [-0.3, -0.25) is 0 Å². The van der Waals surface area contributed by atoms with Gasteiger partial charge in [0.05, 0.1) is 6.10 Å². The average Bonchev–Trinajstić information content (AvgIpc) is 2.25. The van der Waals surface area contributed by atoms with Gasteiger partial charge in [-0.05, 0) is 52.4 Å². The monoisotopic (exact) mass is 222 g/mol. The lowest BCUT2D eigenvalue weighted by Gasteiger charge is -1.98. The van der Waals surface area contributed by atoms with Crippen LogP contribution in [0.5, 0.6) is 0 Å². The molecule has 0 aromatic heterocycles. The van der Waals surface area contributed by atoms with Gasteiger partial charge in [0.1, 0.15) is 0 Å². The van der Waals surface area contributed by atoms with Crippen molar-refractivity contribution >= 4 is 0 Å². The molecule has 1 N–H and O–H groups in total. The van der Waals surface area contributed by atoms with Crippen LogP contribution in [-0.4, -0.2) is 11.2 Å². The molecule has 0 bridgehead atoms. The standard InChI is InChI=1S/C15H26O/c1-3-4-5-6-7-8-9-10-11-12-13-14-15(2)16/h3-4,7-8,11-12,15-16H,5-6,9-10,13-14H2,1-2H3. The second kappa shape index (κ2) is 12.3. The van der Waals surface area contributed by atoms with Crippen molar-refractivity contribution in [3.63, 3.8) is 0 Å². The first-order valence-corrected chi connectivity index (χ1v) is 6.36. The molecule has 0 saturated heterocycles. The molecule has 0 fully saturated rings. The molecule has 0 aliphatic carbocycles. The largest absolute Gasteiger partial charge is 0.393 e. The Morgan fingerprint density at radius 1 is 0.812 bits per heavy atom. The number of unbranched alkanes of at least 4 members (excludes halogenated alkanes) is 2. The van der Waals surface area contributed by atoms with Gasteiger partial charge in [-0.1, -0.05) is 36.5 Å². The lowest BCUT2D eigenvalue weighted by Crippen LogP contribution is -1.96. The van der Waals surface area contributed by atoms with Crippen LogP contribution in [0.4, 0.5) is 0 Å². The highest BCUT2D eigenvalue weighted by molar-refractivity contribution is 4.90. The third kappa shape index (κ3) is 13.2. The van der Waals surface area contributed by atoms with Crippen molar-refractivity contribution < 1.29 is 5.11 Å². The Kier molecular flexibility index (Phi) is 11.6. The van der Waals surface area contributed by atoms with Crippen molar-refractivity contribution in [2.75, 3.05) is 0 Å². The van der Waals surface area contributed by atoms with E-state index in [4.69, 9.17) is 5.11 Å². The van der Waals surface area contributed by atoms with E-state index in [1.54, 1.807) is 0 Å². The maximum atomic E-state index is 9.05. The topological polar surface area (TPSA) is 20.2 Å². The first-order chi connectivity index (χ1) is 7.77. The fraction of sp³-hybridized carbons (Fsp3) is 0.600. The van der Waals surface area contributed by atoms with Crippen molar-refractivity contribution in [2.45, 2.75) is 58.5 Å². The van der Waals surface area contributed by atoms with Gasteiger partial charge < -0.3 is 5.11 Å². The average molecular weight is 222 g/mol. The molecule has 92 valence electrons. The highest BCUT2D eigenvalue weighted by Gasteiger charge is 1.90. The zero-order valence-electron chi connectivity index (χ0n) is 10.7. The normalized spacial score (nSPS) is 14.4. The highest BCUT2D eigenvalue weighted by Crippen LogP contribution is 2.00. The van der Waals surface area contributed by atoms with Crippen LogP contribution in [0.3, 0.4) is 0 Å². The molecule has 0 aromatic rings. The van der Waals surface area contributed by atoms with E-state index in [2.05, 4.69) is 43.4 Å². The number of hydrogen-bond donors (Lipinski definition) is 1. The predicted octanol–water partition coefficient (Wildman–Crippen LogP) is 4.40. The van der Waals surface area contributed by atoms with E-state index in [9.17, 15) is 0 Å². The van der Waals surface area contributed by atoms with E-state index in [1.165, 1.54) is 0 Å². The maximum absolute atomic E-state index is 9.05. The fourth-order valence-corrected chi connectivity index (χ4v) is 1.36. The number of aliphatic hydroxyl groups excluding tert-OH is 1. The van der Waals surface area contributed by atoms with Crippen molar-refractivity contribution in [3.8, 4) is 0 Å². The van der Waals surface area contributed by atoms with Gasteiger partial charge in [0.15, 0.2) is 0 Å². The SMILES string of the molecule is CC=CCCC=CCCC=CCCC(C)O. The van der Waals surface area contributed by atoms with Gasteiger partial charge in [-0.15, -0.1) is 0 Å². The van der Waals surface area contributed by atoms with Crippen molar-refractivity contribution in [2.24, 2.45) is 0 Å². The molecular formula is C15H26O. The van der Waals surface area contributed by atoms with Crippen molar-refractivity contribution in [3.05, 3.63) is 36.5 Å². The number of hydrogen-bond acceptors (Lipinski definition) is 1. The molecule has 16 heavy (non-hydrogen) atoms. The van der Waals surface area contributed by atoms with Crippen LogP contribution in [0.1, 0.15) is 52.4 Å². The summed E-state index contributed by atoms with van der Waals surface area (Å²) in [5, 5.41) is 9.05. The molecular weight excluding hydrogens is 196 g/mol. The predicted molar refractivity (Wildman–Crippen MR) is 72.5 cm³/mol. The Balaban J connectivity index is 3.25. The molecule has 0 aliphatic rings. The minimum Gasteiger partial charge on any atom is -0.393 e. The number of aliphatic hydroxyl groups is 1. The summed E-state index contributed by atoms with van der Waals surface area (Å²) in [6.07, 6.45) is 19.4. The van der Waals surface area contributed by atoms with Crippen LogP contribution in [0, 0.1) is 0 Å². The molecule has 1 unspecified atom stereocenters. The summed E-state index contributed by atoms with van der Waals surface area (Å²) in [7, 11) is 0. The third-order valence-electron chi connectivity index (χ3n) is 2.32. The van der Waals surface area contributed by atoms with Crippen LogP contribution >= 0.6 is 0 Å². The number of allylic oxidation sites excluding steroid dienone is 6. The van der Waals surface area contributed by atoms with Gasteiger partial charge in [-0.2, -0.15) is 0 Å². The van der Waals surface area contributed by atoms with E-state index in [0.29, 0.717) is 0 Å². The van der Waals surface area contributed by atoms with E-state index in [-0.39, 0.29) is 6.10 Å². The second-order valence-corrected chi connectivity index (χ2v) is 4.09. The molecule has 0 spiro atoms. The molecule has 0 radical (unpaired) electrons. The van der Waals surface area contributed by atoms with Crippen LogP contribution in [0.15, 0.2) is 36.5 Å². The summed E-state index contributed by atoms with van der Waals surface area (Å²) in [6.45, 7) is 3.89.